The molecule has 0 fully saturated rings. The van der Waals surface area contributed by atoms with E-state index in [9.17, 15) is 9.59 Å². The molecule has 0 unspecified atom stereocenters. The molecule has 0 aliphatic rings. The van der Waals surface area contributed by atoms with Crippen LogP contribution in [0, 0.1) is 0 Å². The van der Waals surface area contributed by atoms with Crippen LogP contribution in [0.4, 0.5) is 4.79 Å². The number of amides is 1. The molecule has 1 N–H and O–H groups in total. The maximum Gasteiger partial charge on any atom is 0.408 e. The molecule has 0 bridgehead atoms. The fourth-order valence-corrected chi connectivity index (χ4v) is 2.19. The fourth-order valence-electron chi connectivity index (χ4n) is 2.19. The van der Waals surface area contributed by atoms with Crippen molar-refractivity contribution in [2.75, 3.05) is 6.61 Å². The van der Waals surface area contributed by atoms with Crippen molar-refractivity contribution in [3.63, 3.8) is 0 Å². The van der Waals surface area contributed by atoms with Gasteiger partial charge in [0.1, 0.15) is 19.3 Å². The van der Waals surface area contributed by atoms with Crippen molar-refractivity contribution in [1.29, 1.82) is 0 Å². The zero-order valence-electron chi connectivity index (χ0n) is 13.9. The second kappa shape index (κ2) is 9.93. The van der Waals surface area contributed by atoms with Gasteiger partial charge in [-0.15, -0.1) is 0 Å². The third-order valence-corrected chi connectivity index (χ3v) is 3.42. The molecule has 5 heteroatoms. The molecule has 5 nitrogen and oxygen atoms in total. The van der Waals surface area contributed by atoms with Crippen molar-refractivity contribution in [2.45, 2.75) is 19.1 Å². The van der Waals surface area contributed by atoms with E-state index in [1.165, 1.54) is 6.08 Å². The van der Waals surface area contributed by atoms with E-state index in [0.29, 0.717) is 6.42 Å². The Morgan fingerprint density at radius 2 is 1.56 bits per heavy atom. The van der Waals surface area contributed by atoms with Crippen molar-refractivity contribution in [2.24, 2.45) is 0 Å². The zero-order chi connectivity index (χ0) is 17.9. The highest BCUT2D eigenvalue weighted by Crippen LogP contribution is 2.07. The summed E-state index contributed by atoms with van der Waals surface area (Å²) in [6.45, 7) is 3.70. The van der Waals surface area contributed by atoms with E-state index in [0.717, 1.165) is 11.1 Å². The highest BCUT2D eigenvalue weighted by molar-refractivity contribution is 5.81. The third-order valence-electron chi connectivity index (χ3n) is 3.42. The van der Waals surface area contributed by atoms with Gasteiger partial charge in [-0.3, -0.25) is 0 Å². The Kier molecular flexibility index (Phi) is 7.25. The number of rotatable bonds is 8. The van der Waals surface area contributed by atoms with Gasteiger partial charge in [0.2, 0.25) is 0 Å². The number of hydrogen-bond donors (Lipinski definition) is 1. The van der Waals surface area contributed by atoms with Gasteiger partial charge >= 0.3 is 12.1 Å². The third kappa shape index (κ3) is 6.51. The molecule has 0 heterocycles. The van der Waals surface area contributed by atoms with Crippen molar-refractivity contribution < 1.29 is 19.1 Å². The van der Waals surface area contributed by atoms with E-state index in [2.05, 4.69) is 11.9 Å². The number of carbonyl (C=O) groups excluding carboxylic acids is 2. The number of hydrogen-bond acceptors (Lipinski definition) is 4. The van der Waals surface area contributed by atoms with Crippen LogP contribution in [0.25, 0.3) is 0 Å². The molecule has 1 atom stereocenters. The molecule has 130 valence electrons. The summed E-state index contributed by atoms with van der Waals surface area (Å²) in [4.78, 5) is 24.2. The van der Waals surface area contributed by atoms with Crippen LogP contribution in [-0.4, -0.2) is 24.7 Å². The monoisotopic (exact) mass is 339 g/mol. The molecule has 0 aliphatic carbocycles. The molecule has 0 saturated carbocycles. The fraction of sp³-hybridized carbons (Fsp3) is 0.200. The molecule has 2 aromatic carbocycles. The van der Waals surface area contributed by atoms with Gasteiger partial charge in [0.05, 0.1) is 0 Å². The summed E-state index contributed by atoms with van der Waals surface area (Å²) in [5, 5.41) is 2.55. The van der Waals surface area contributed by atoms with Crippen LogP contribution in [0.2, 0.25) is 0 Å². The van der Waals surface area contributed by atoms with Gasteiger partial charge in [-0.2, -0.15) is 0 Å². The van der Waals surface area contributed by atoms with Crippen molar-refractivity contribution >= 4 is 12.1 Å². The SMILES string of the molecule is C=CCOC(=O)N[C@@H](Cc1ccccc1)C(=O)OCc1ccccc1. The number of carbonyl (C=O) groups is 2. The predicted octanol–water partition coefficient (Wildman–Crippen LogP) is 3.25. The Labute approximate surface area is 147 Å². The lowest BCUT2D eigenvalue weighted by Crippen LogP contribution is -2.43. The Hall–Kier alpha value is -3.08. The van der Waals surface area contributed by atoms with E-state index >= 15 is 0 Å². The molecule has 25 heavy (non-hydrogen) atoms. The lowest BCUT2D eigenvalue weighted by molar-refractivity contribution is -0.147. The minimum Gasteiger partial charge on any atom is -0.459 e. The summed E-state index contributed by atoms with van der Waals surface area (Å²) >= 11 is 0. The van der Waals surface area contributed by atoms with Crippen LogP contribution in [0.5, 0.6) is 0 Å². The summed E-state index contributed by atoms with van der Waals surface area (Å²) in [6.07, 6.45) is 1.09. The van der Waals surface area contributed by atoms with E-state index < -0.39 is 18.1 Å². The summed E-state index contributed by atoms with van der Waals surface area (Å²) in [7, 11) is 0. The highest BCUT2D eigenvalue weighted by Gasteiger charge is 2.23. The standard InChI is InChI=1S/C20H21NO4/c1-2-13-24-20(23)21-18(14-16-9-5-3-6-10-16)19(22)25-15-17-11-7-4-8-12-17/h2-12,18H,1,13-15H2,(H,21,23)/t18-/m0/s1. The van der Waals surface area contributed by atoms with Crippen molar-refractivity contribution in [3.05, 3.63) is 84.4 Å². The molecule has 0 aliphatic heterocycles. The van der Waals surface area contributed by atoms with Crippen LogP contribution in [-0.2, 0) is 27.3 Å². The Morgan fingerprint density at radius 3 is 2.16 bits per heavy atom. The van der Waals surface area contributed by atoms with E-state index in [1.807, 2.05) is 60.7 Å². The van der Waals surface area contributed by atoms with Crippen LogP contribution in [0.1, 0.15) is 11.1 Å². The topological polar surface area (TPSA) is 64.6 Å². The first kappa shape index (κ1) is 18.3. The van der Waals surface area contributed by atoms with Gasteiger partial charge in [-0.1, -0.05) is 73.3 Å². The Bertz CT molecular complexity index is 685. The Balaban J connectivity index is 1.99. The smallest absolute Gasteiger partial charge is 0.408 e. The van der Waals surface area contributed by atoms with Crippen molar-refractivity contribution in [1.82, 2.24) is 5.32 Å². The van der Waals surface area contributed by atoms with Gasteiger partial charge in [-0.05, 0) is 11.1 Å². The molecular weight excluding hydrogens is 318 g/mol. The molecule has 0 radical (unpaired) electrons. The minimum atomic E-state index is -0.830. The molecule has 0 spiro atoms. The summed E-state index contributed by atoms with van der Waals surface area (Å²) in [5.74, 6) is -0.511. The average molecular weight is 339 g/mol. The first-order valence-corrected chi connectivity index (χ1v) is 7.97. The largest absolute Gasteiger partial charge is 0.459 e. The van der Waals surface area contributed by atoms with E-state index in [1.54, 1.807) is 0 Å². The van der Waals surface area contributed by atoms with Crippen LogP contribution in [0.15, 0.2) is 73.3 Å². The number of ether oxygens (including phenoxy) is 2. The number of alkyl carbamates (subject to hydrolysis) is 1. The molecule has 2 rings (SSSR count). The lowest BCUT2D eigenvalue weighted by atomic mass is 10.1. The first-order valence-electron chi connectivity index (χ1n) is 7.97. The van der Waals surface area contributed by atoms with Crippen LogP contribution in [0.3, 0.4) is 0 Å². The van der Waals surface area contributed by atoms with Gasteiger partial charge in [-0.25, -0.2) is 9.59 Å². The zero-order valence-corrected chi connectivity index (χ0v) is 13.9. The Morgan fingerprint density at radius 1 is 0.960 bits per heavy atom. The van der Waals surface area contributed by atoms with E-state index in [4.69, 9.17) is 9.47 Å². The summed E-state index contributed by atoms with van der Waals surface area (Å²) in [6, 6.07) is 17.9. The molecular formula is C20H21NO4. The number of esters is 1. The van der Waals surface area contributed by atoms with Gasteiger partial charge in [0.25, 0.3) is 0 Å². The number of benzene rings is 2. The predicted molar refractivity (Wildman–Crippen MR) is 94.9 cm³/mol. The quantitative estimate of drug-likeness (QED) is 0.592. The molecule has 0 aromatic heterocycles. The summed E-state index contributed by atoms with van der Waals surface area (Å²) in [5.41, 5.74) is 1.79. The second-order valence-corrected chi connectivity index (χ2v) is 5.37. The summed E-state index contributed by atoms with van der Waals surface area (Å²) < 4.78 is 10.2. The van der Waals surface area contributed by atoms with Gasteiger partial charge in [0, 0.05) is 6.42 Å². The maximum atomic E-state index is 12.4. The minimum absolute atomic E-state index is 0.0724. The molecule has 0 saturated heterocycles. The molecule has 1 amide bonds. The first-order chi connectivity index (χ1) is 12.2. The average Bonchev–Trinajstić information content (AvgIpc) is 2.65. The molecule has 2 aromatic rings. The van der Waals surface area contributed by atoms with Crippen LogP contribution < -0.4 is 5.32 Å². The normalized spacial score (nSPS) is 11.2. The van der Waals surface area contributed by atoms with Crippen LogP contribution >= 0.6 is 0 Å². The highest BCUT2D eigenvalue weighted by atomic mass is 16.6. The van der Waals surface area contributed by atoms with Gasteiger partial charge in [0.15, 0.2) is 0 Å². The van der Waals surface area contributed by atoms with Crippen molar-refractivity contribution in [3.8, 4) is 0 Å². The van der Waals surface area contributed by atoms with Gasteiger partial charge < -0.3 is 14.8 Å². The maximum absolute atomic E-state index is 12.4. The van der Waals surface area contributed by atoms with E-state index in [-0.39, 0.29) is 13.2 Å². The number of nitrogens with one attached hydrogen (secondary N) is 1. The second-order valence-electron chi connectivity index (χ2n) is 5.37. The lowest BCUT2D eigenvalue weighted by Gasteiger charge is -2.17.